The predicted molar refractivity (Wildman–Crippen MR) is 111 cm³/mol. The van der Waals surface area contributed by atoms with Crippen LogP contribution in [-0.2, 0) is 0 Å². The minimum Gasteiger partial charge on any atom is -0.416 e. The van der Waals surface area contributed by atoms with Gasteiger partial charge in [0.05, 0.1) is 0 Å². The maximum Gasteiger partial charge on any atom is 0.258 e. The number of anilines is 1. The summed E-state index contributed by atoms with van der Waals surface area (Å²) >= 11 is 0. The third-order valence-electron chi connectivity index (χ3n) is 4.73. The molecular formula is C22H16N6O2. The molecule has 8 heteroatoms. The molecule has 1 amide bonds. The quantitative estimate of drug-likeness (QED) is 0.493. The van der Waals surface area contributed by atoms with Gasteiger partial charge in [-0.1, -0.05) is 24.3 Å². The van der Waals surface area contributed by atoms with Gasteiger partial charge in [0.2, 0.25) is 17.7 Å². The first-order chi connectivity index (χ1) is 14.7. The van der Waals surface area contributed by atoms with Gasteiger partial charge in [0.1, 0.15) is 0 Å². The zero-order valence-electron chi connectivity index (χ0n) is 16.0. The van der Waals surface area contributed by atoms with E-state index in [1.807, 2.05) is 49.4 Å². The van der Waals surface area contributed by atoms with Gasteiger partial charge in [0.15, 0.2) is 5.65 Å². The van der Waals surface area contributed by atoms with Crippen molar-refractivity contribution in [2.45, 2.75) is 6.92 Å². The van der Waals surface area contributed by atoms with Crippen molar-refractivity contribution in [2.75, 3.05) is 5.32 Å². The smallest absolute Gasteiger partial charge is 0.258 e. The molecule has 8 nitrogen and oxygen atoms in total. The maximum atomic E-state index is 12.6. The molecule has 0 fully saturated rings. The summed E-state index contributed by atoms with van der Waals surface area (Å²) in [4.78, 5) is 12.6. The molecule has 0 spiro atoms. The van der Waals surface area contributed by atoms with E-state index in [1.165, 1.54) is 0 Å². The predicted octanol–water partition coefficient (Wildman–Crippen LogP) is 4.01. The van der Waals surface area contributed by atoms with Crippen molar-refractivity contribution >= 4 is 17.5 Å². The summed E-state index contributed by atoms with van der Waals surface area (Å²) in [6.45, 7) is 1.99. The van der Waals surface area contributed by atoms with Crippen LogP contribution in [-0.4, -0.2) is 30.7 Å². The Balaban J connectivity index is 1.36. The zero-order chi connectivity index (χ0) is 20.5. The van der Waals surface area contributed by atoms with E-state index in [1.54, 1.807) is 34.9 Å². The lowest BCUT2D eigenvalue weighted by atomic mass is 10.1. The molecule has 0 atom stereocenters. The van der Waals surface area contributed by atoms with Crippen molar-refractivity contribution in [1.29, 1.82) is 0 Å². The maximum absolute atomic E-state index is 12.6. The van der Waals surface area contributed by atoms with Crippen molar-refractivity contribution in [2.24, 2.45) is 0 Å². The molecule has 0 bridgehead atoms. The third-order valence-corrected chi connectivity index (χ3v) is 4.73. The van der Waals surface area contributed by atoms with E-state index in [4.69, 9.17) is 4.42 Å². The van der Waals surface area contributed by atoms with Gasteiger partial charge in [-0.05, 0) is 55.0 Å². The number of rotatable bonds is 4. The molecule has 0 radical (unpaired) electrons. The number of nitrogens with zero attached hydrogens (tertiary/aromatic N) is 5. The zero-order valence-corrected chi connectivity index (χ0v) is 16.0. The van der Waals surface area contributed by atoms with Gasteiger partial charge in [-0.3, -0.25) is 14.5 Å². The normalized spacial score (nSPS) is 11.0. The Kier molecular flexibility index (Phi) is 4.29. The molecule has 1 N–H and O–H groups in total. The van der Waals surface area contributed by atoms with Gasteiger partial charge in [0.25, 0.3) is 5.91 Å². The number of carbonyl (C=O) groups excluding carboxylic acids is 1. The molecular weight excluding hydrogens is 380 g/mol. The first-order valence-corrected chi connectivity index (χ1v) is 9.30. The number of pyridine rings is 1. The Hall–Kier alpha value is -4.33. The topological polar surface area (TPSA) is 98.2 Å². The van der Waals surface area contributed by atoms with Crippen LogP contribution in [0.15, 0.2) is 77.3 Å². The minimum atomic E-state index is -0.286. The van der Waals surface area contributed by atoms with Gasteiger partial charge < -0.3 is 4.42 Å². The van der Waals surface area contributed by atoms with Gasteiger partial charge >= 0.3 is 0 Å². The van der Waals surface area contributed by atoms with Crippen LogP contribution in [0.2, 0.25) is 0 Å². The second-order valence-electron chi connectivity index (χ2n) is 6.71. The highest BCUT2D eigenvalue weighted by molar-refractivity contribution is 6.03. The van der Waals surface area contributed by atoms with Crippen molar-refractivity contribution in [3.8, 4) is 22.9 Å². The highest BCUT2D eigenvalue weighted by Gasteiger charge is 2.14. The van der Waals surface area contributed by atoms with Crippen LogP contribution in [0.4, 0.5) is 5.95 Å². The average Bonchev–Trinajstić information content (AvgIpc) is 3.42. The van der Waals surface area contributed by atoms with E-state index < -0.39 is 0 Å². The van der Waals surface area contributed by atoms with Crippen molar-refractivity contribution in [3.05, 3.63) is 84.1 Å². The van der Waals surface area contributed by atoms with Crippen LogP contribution < -0.4 is 5.32 Å². The van der Waals surface area contributed by atoms with E-state index >= 15 is 0 Å². The lowest BCUT2D eigenvalue weighted by molar-refractivity contribution is 0.102. The molecule has 5 rings (SSSR count). The van der Waals surface area contributed by atoms with Crippen LogP contribution in [0.3, 0.4) is 0 Å². The molecule has 30 heavy (non-hydrogen) atoms. The number of nitrogens with one attached hydrogen (secondary N) is 1. The first kappa shape index (κ1) is 17.7. The third kappa shape index (κ3) is 3.20. The lowest BCUT2D eigenvalue weighted by Gasteiger charge is -2.04. The minimum absolute atomic E-state index is 0.286. The average molecular weight is 396 g/mol. The molecule has 146 valence electrons. The molecule has 2 aromatic carbocycles. The van der Waals surface area contributed by atoms with Gasteiger partial charge in [0, 0.05) is 22.9 Å². The number of aryl methyl sites for hydroxylation is 1. The van der Waals surface area contributed by atoms with E-state index in [0.717, 1.165) is 16.7 Å². The molecule has 0 aliphatic rings. The fraction of sp³-hybridized carbons (Fsp3) is 0.0455. The van der Waals surface area contributed by atoms with E-state index in [-0.39, 0.29) is 5.91 Å². The highest BCUT2D eigenvalue weighted by Crippen LogP contribution is 2.26. The summed E-state index contributed by atoms with van der Waals surface area (Å²) in [5, 5.41) is 19.1. The van der Waals surface area contributed by atoms with Crippen molar-refractivity contribution < 1.29 is 9.21 Å². The molecule has 0 saturated heterocycles. The number of benzene rings is 2. The van der Waals surface area contributed by atoms with Crippen LogP contribution >= 0.6 is 0 Å². The van der Waals surface area contributed by atoms with Crippen LogP contribution in [0.25, 0.3) is 28.6 Å². The van der Waals surface area contributed by atoms with Crippen LogP contribution in [0.5, 0.6) is 0 Å². The second-order valence-corrected chi connectivity index (χ2v) is 6.71. The Morgan fingerprint density at radius 2 is 1.63 bits per heavy atom. The van der Waals surface area contributed by atoms with Gasteiger partial charge in [-0.25, -0.2) is 0 Å². The van der Waals surface area contributed by atoms with E-state index in [9.17, 15) is 4.79 Å². The largest absolute Gasteiger partial charge is 0.416 e. The Bertz CT molecular complexity index is 1350. The summed E-state index contributed by atoms with van der Waals surface area (Å²) in [5.41, 5.74) is 3.81. The molecule has 0 aliphatic heterocycles. The molecule has 3 heterocycles. The van der Waals surface area contributed by atoms with Gasteiger partial charge in [-0.15, -0.1) is 20.4 Å². The first-order valence-electron chi connectivity index (χ1n) is 9.30. The SMILES string of the molecule is Cc1ccccc1-c1nnc(-c2ccc(C(=O)Nc3nnc4ccccn34)cc2)o1. The summed E-state index contributed by atoms with van der Waals surface area (Å²) in [6, 6.07) is 20.3. The molecule has 0 unspecified atom stereocenters. The number of carbonyl (C=O) groups is 1. The Morgan fingerprint density at radius 3 is 2.47 bits per heavy atom. The van der Waals surface area contributed by atoms with Crippen molar-refractivity contribution in [1.82, 2.24) is 24.8 Å². The second kappa shape index (κ2) is 7.25. The molecule has 3 aromatic heterocycles. The standard InChI is InChI=1S/C22H16N6O2/c1-14-6-2-3-7-17(14)21-26-25-20(30-21)16-11-9-15(10-12-16)19(29)23-22-27-24-18-8-4-5-13-28(18)22/h2-13H,1H3,(H,23,27,29). The highest BCUT2D eigenvalue weighted by atomic mass is 16.4. The number of hydrogen-bond acceptors (Lipinski definition) is 6. The Morgan fingerprint density at radius 1 is 0.867 bits per heavy atom. The molecule has 0 saturated carbocycles. The number of fused-ring (bicyclic) bond motifs is 1. The van der Waals surface area contributed by atoms with E-state index in [2.05, 4.69) is 25.7 Å². The summed E-state index contributed by atoms with van der Waals surface area (Å²) in [7, 11) is 0. The number of hydrogen-bond donors (Lipinski definition) is 1. The monoisotopic (exact) mass is 396 g/mol. The number of amides is 1. The lowest BCUT2D eigenvalue weighted by Crippen LogP contribution is -2.14. The fourth-order valence-electron chi connectivity index (χ4n) is 3.13. The molecule has 0 aliphatic carbocycles. The van der Waals surface area contributed by atoms with E-state index in [0.29, 0.717) is 28.9 Å². The Labute approximate surface area is 171 Å². The molecule has 5 aromatic rings. The summed E-state index contributed by atoms with van der Waals surface area (Å²) in [6.07, 6.45) is 1.79. The number of aromatic nitrogens is 5. The summed E-state index contributed by atoms with van der Waals surface area (Å²) < 4.78 is 7.53. The summed E-state index contributed by atoms with van der Waals surface area (Å²) in [5.74, 6) is 0.928. The van der Waals surface area contributed by atoms with Crippen LogP contribution in [0.1, 0.15) is 15.9 Å². The van der Waals surface area contributed by atoms with Crippen LogP contribution in [0, 0.1) is 6.92 Å². The fourth-order valence-corrected chi connectivity index (χ4v) is 3.13. The van der Waals surface area contributed by atoms with Crippen molar-refractivity contribution in [3.63, 3.8) is 0 Å². The van der Waals surface area contributed by atoms with Gasteiger partial charge in [-0.2, -0.15) is 0 Å².